The lowest BCUT2D eigenvalue weighted by atomic mass is 9.95. The molecule has 44 heavy (non-hydrogen) atoms. The number of carbonyl (C=O) groups is 4. The Kier molecular flexibility index (Phi) is 12.6. The molecule has 3 amide bonds. The lowest BCUT2D eigenvalue weighted by Gasteiger charge is -2.28. The van der Waals surface area contributed by atoms with Crippen LogP contribution in [0, 0.1) is 3.57 Å². The van der Waals surface area contributed by atoms with E-state index in [4.69, 9.17) is 28.4 Å². The maximum Gasteiger partial charge on any atom is 0.344 e. The van der Waals surface area contributed by atoms with E-state index in [-0.39, 0.29) is 42.6 Å². The maximum absolute atomic E-state index is 12.6. The normalized spacial score (nSPS) is 14.3. The van der Waals surface area contributed by atoms with Gasteiger partial charge in [-0.1, -0.05) is 6.07 Å². The molecule has 3 rings (SSSR count). The summed E-state index contributed by atoms with van der Waals surface area (Å²) in [7, 11) is 2.88. The number of rotatable bonds is 14. The first-order valence-corrected chi connectivity index (χ1v) is 14.4. The predicted molar refractivity (Wildman–Crippen MR) is 166 cm³/mol. The molecule has 1 heterocycles. The topological polar surface area (TPSA) is 172 Å². The lowest BCUT2D eigenvalue weighted by Crippen LogP contribution is -2.45. The summed E-state index contributed by atoms with van der Waals surface area (Å²) in [5.41, 5.74) is 3.98. The van der Waals surface area contributed by atoms with Gasteiger partial charge in [-0.15, -0.1) is 0 Å². The lowest BCUT2D eigenvalue weighted by molar-refractivity contribution is -0.145. The third-order valence-corrected chi connectivity index (χ3v) is 6.57. The van der Waals surface area contributed by atoms with Crippen LogP contribution in [0.15, 0.2) is 46.7 Å². The number of nitrogens with zero attached hydrogens (tertiary/aromatic N) is 1. The number of hydrogen-bond acceptors (Lipinski definition) is 11. The molecule has 0 aliphatic carbocycles. The zero-order valence-corrected chi connectivity index (χ0v) is 26.9. The van der Waals surface area contributed by atoms with Crippen LogP contribution in [0.2, 0.25) is 0 Å². The van der Waals surface area contributed by atoms with E-state index in [9.17, 15) is 19.2 Å². The zero-order chi connectivity index (χ0) is 32.2. The van der Waals surface area contributed by atoms with Crippen LogP contribution in [-0.2, 0) is 23.9 Å². The summed E-state index contributed by atoms with van der Waals surface area (Å²) in [5.74, 6) is -0.560. The molecule has 0 radical (unpaired) electrons. The third-order valence-electron chi connectivity index (χ3n) is 5.95. The summed E-state index contributed by atoms with van der Waals surface area (Å²) < 4.78 is 32.9. The minimum Gasteiger partial charge on any atom is -0.493 e. The van der Waals surface area contributed by atoms with Crippen molar-refractivity contribution in [1.29, 1.82) is 0 Å². The summed E-state index contributed by atoms with van der Waals surface area (Å²) in [5, 5.41) is 9.28. The van der Waals surface area contributed by atoms with Gasteiger partial charge in [0.05, 0.1) is 45.3 Å². The highest BCUT2D eigenvalue weighted by molar-refractivity contribution is 14.1. The highest BCUT2D eigenvalue weighted by atomic mass is 127. The van der Waals surface area contributed by atoms with Crippen LogP contribution in [0.25, 0.3) is 0 Å². The summed E-state index contributed by atoms with van der Waals surface area (Å²) in [4.78, 5) is 49.1. The van der Waals surface area contributed by atoms with Crippen molar-refractivity contribution in [3.05, 3.63) is 56.3 Å². The standard InChI is InChI=1S/C29H33IN4O10/c1-6-41-24(36)15-44-27-18(10-19(30)12-22(27)40-5)13-31-34-23(35)14-43-20-9-8-17(11-21(20)39-4)26-25(28(37)42-7-2)16(3)32-29(38)33-26/h8-13,26H,6-7,14-15H2,1-5H3,(H,34,35)(H2,32,33,38)/b31-13+/t26-/m0/s1. The van der Waals surface area contributed by atoms with Crippen molar-refractivity contribution in [3.63, 3.8) is 0 Å². The summed E-state index contributed by atoms with van der Waals surface area (Å²) >= 11 is 2.09. The largest absolute Gasteiger partial charge is 0.493 e. The van der Waals surface area contributed by atoms with Gasteiger partial charge in [0.2, 0.25) is 0 Å². The number of benzene rings is 2. The number of nitrogens with one attached hydrogen (secondary N) is 3. The van der Waals surface area contributed by atoms with E-state index >= 15 is 0 Å². The second-order valence-corrected chi connectivity index (χ2v) is 10.1. The van der Waals surface area contributed by atoms with Gasteiger partial charge in [-0.05, 0) is 73.2 Å². The van der Waals surface area contributed by atoms with Gasteiger partial charge in [-0.3, -0.25) is 4.79 Å². The number of hydrogen-bond donors (Lipinski definition) is 3. The van der Waals surface area contributed by atoms with Crippen molar-refractivity contribution in [2.24, 2.45) is 5.10 Å². The highest BCUT2D eigenvalue weighted by Gasteiger charge is 2.32. The Morgan fingerprint density at radius 3 is 2.39 bits per heavy atom. The fourth-order valence-electron chi connectivity index (χ4n) is 4.08. The van der Waals surface area contributed by atoms with Crippen molar-refractivity contribution in [2.75, 3.05) is 40.6 Å². The molecule has 1 aliphatic rings. The number of amides is 3. The van der Waals surface area contributed by atoms with Crippen LogP contribution in [0.3, 0.4) is 0 Å². The molecular weight excluding hydrogens is 691 g/mol. The first-order chi connectivity index (χ1) is 21.1. The van der Waals surface area contributed by atoms with Gasteiger partial charge in [0.1, 0.15) is 0 Å². The number of carbonyl (C=O) groups excluding carboxylic acids is 4. The Hall–Kier alpha value is -4.54. The second kappa shape index (κ2) is 16.3. The molecule has 0 aromatic heterocycles. The monoisotopic (exact) mass is 724 g/mol. The average molecular weight is 725 g/mol. The number of esters is 2. The number of halogens is 1. The molecule has 15 heteroatoms. The predicted octanol–water partition coefficient (Wildman–Crippen LogP) is 2.97. The van der Waals surface area contributed by atoms with Crippen LogP contribution in [0.1, 0.15) is 37.9 Å². The van der Waals surface area contributed by atoms with Crippen molar-refractivity contribution >= 4 is 52.7 Å². The fourth-order valence-corrected chi connectivity index (χ4v) is 4.70. The molecule has 236 valence electrons. The molecule has 2 aromatic rings. The molecule has 0 unspecified atom stereocenters. The number of ether oxygens (including phenoxy) is 6. The van der Waals surface area contributed by atoms with E-state index in [0.29, 0.717) is 22.6 Å². The van der Waals surface area contributed by atoms with Gasteiger partial charge in [0, 0.05) is 14.8 Å². The van der Waals surface area contributed by atoms with E-state index in [1.54, 1.807) is 51.1 Å². The molecule has 2 aromatic carbocycles. The van der Waals surface area contributed by atoms with E-state index in [2.05, 4.69) is 43.8 Å². The van der Waals surface area contributed by atoms with Crippen molar-refractivity contribution in [2.45, 2.75) is 26.8 Å². The Balaban J connectivity index is 1.70. The summed E-state index contributed by atoms with van der Waals surface area (Å²) in [6.07, 6.45) is 1.35. The Morgan fingerprint density at radius 1 is 0.977 bits per heavy atom. The first kappa shape index (κ1) is 34.0. The van der Waals surface area contributed by atoms with Crippen LogP contribution in [-0.4, -0.2) is 70.7 Å². The quantitative estimate of drug-likeness (QED) is 0.114. The molecular formula is C29H33IN4O10. The Bertz CT molecular complexity index is 1460. The number of urea groups is 1. The van der Waals surface area contributed by atoms with E-state index in [0.717, 1.165) is 3.57 Å². The SMILES string of the molecule is CCOC(=O)COc1c(/C=N/NC(=O)COc2ccc([C@@H]3NC(=O)NC(C)=C3C(=O)OCC)cc2OC)cc(I)cc1OC. The van der Waals surface area contributed by atoms with Crippen molar-refractivity contribution in [1.82, 2.24) is 16.1 Å². The molecule has 0 saturated carbocycles. The molecule has 0 fully saturated rings. The van der Waals surface area contributed by atoms with Gasteiger partial charge in [-0.2, -0.15) is 5.10 Å². The van der Waals surface area contributed by atoms with Crippen LogP contribution in [0.4, 0.5) is 4.79 Å². The van der Waals surface area contributed by atoms with Crippen LogP contribution in [0.5, 0.6) is 23.0 Å². The molecule has 0 saturated heterocycles. The highest BCUT2D eigenvalue weighted by Crippen LogP contribution is 2.35. The van der Waals surface area contributed by atoms with E-state index < -0.39 is 36.5 Å². The van der Waals surface area contributed by atoms with E-state index in [1.165, 1.54) is 20.4 Å². The maximum atomic E-state index is 12.6. The Labute approximate surface area is 267 Å². The van der Waals surface area contributed by atoms with Crippen LogP contribution < -0.4 is 35.0 Å². The van der Waals surface area contributed by atoms with Gasteiger partial charge in [0.15, 0.2) is 36.2 Å². The number of methoxy groups -OCH3 is 2. The number of hydrazone groups is 1. The first-order valence-electron chi connectivity index (χ1n) is 13.4. The smallest absolute Gasteiger partial charge is 0.344 e. The molecule has 0 bridgehead atoms. The van der Waals surface area contributed by atoms with Crippen LogP contribution >= 0.6 is 22.6 Å². The molecule has 1 aliphatic heterocycles. The van der Waals surface area contributed by atoms with Crippen molar-refractivity contribution < 1.29 is 47.6 Å². The molecule has 14 nitrogen and oxygen atoms in total. The summed E-state index contributed by atoms with van der Waals surface area (Å²) in [6, 6.07) is 6.97. The average Bonchev–Trinajstić information content (AvgIpc) is 2.98. The zero-order valence-electron chi connectivity index (χ0n) is 24.8. The minimum absolute atomic E-state index is 0.168. The minimum atomic E-state index is -0.797. The second-order valence-electron chi connectivity index (χ2n) is 8.90. The molecule has 1 atom stereocenters. The van der Waals surface area contributed by atoms with Gasteiger partial charge < -0.3 is 39.1 Å². The number of allylic oxidation sites excluding steroid dienone is 1. The van der Waals surface area contributed by atoms with E-state index in [1.807, 2.05) is 0 Å². The summed E-state index contributed by atoms with van der Waals surface area (Å²) in [6.45, 7) is 4.63. The fraction of sp³-hybridized carbons (Fsp3) is 0.345. The van der Waals surface area contributed by atoms with Gasteiger partial charge in [0.25, 0.3) is 5.91 Å². The molecule has 0 spiro atoms. The van der Waals surface area contributed by atoms with Gasteiger partial charge >= 0.3 is 18.0 Å². The van der Waals surface area contributed by atoms with Crippen molar-refractivity contribution in [3.8, 4) is 23.0 Å². The van der Waals surface area contributed by atoms with Gasteiger partial charge in [-0.25, -0.2) is 19.8 Å². The Morgan fingerprint density at radius 2 is 1.70 bits per heavy atom. The third kappa shape index (κ3) is 8.98. The molecule has 3 N–H and O–H groups in total.